The maximum Gasteiger partial charge on any atom is 0.329 e. The Balaban J connectivity index is 1.23. The number of nitrogens with one attached hydrogen (secondary N) is 1. The molecular formula is C39H50ClN3O4. The van der Waals surface area contributed by atoms with E-state index in [0.717, 1.165) is 55.8 Å². The molecule has 2 N–H and O–H groups in total. The fourth-order valence-electron chi connectivity index (χ4n) is 8.51. The molecule has 1 aromatic heterocycles. The van der Waals surface area contributed by atoms with Crippen molar-refractivity contribution < 1.29 is 19.4 Å². The first kappa shape index (κ1) is 33.6. The SMILES string of the molecule is C[C@@H](COc1ccnc2c1[C@H](C)CCC2)CC1Cc2ccc(OCCN(C)C)cc2C12CCC(Nc1cccc(Cl)c1)(C(=O)O)CC2. The highest BCUT2D eigenvalue weighted by molar-refractivity contribution is 6.30. The van der Waals surface area contributed by atoms with Crippen LogP contribution in [0, 0.1) is 11.8 Å². The predicted octanol–water partition coefficient (Wildman–Crippen LogP) is 8.14. The number of likely N-dealkylation sites (N-methyl/N-ethyl adjacent to an activating group) is 1. The van der Waals surface area contributed by atoms with Gasteiger partial charge in [-0.15, -0.1) is 0 Å². The first-order chi connectivity index (χ1) is 22.6. The molecule has 3 atom stereocenters. The number of carboxylic acids is 1. The Bertz CT molecular complexity index is 1570. The number of aliphatic carboxylic acids is 1. The summed E-state index contributed by atoms with van der Waals surface area (Å²) in [6.07, 6.45) is 9.92. The van der Waals surface area contributed by atoms with Gasteiger partial charge >= 0.3 is 5.97 Å². The number of fused-ring (bicyclic) bond motifs is 3. The summed E-state index contributed by atoms with van der Waals surface area (Å²) in [5, 5.41) is 14.6. The number of aryl methyl sites for hydroxylation is 1. The van der Waals surface area contributed by atoms with Crippen LogP contribution in [0.3, 0.4) is 0 Å². The lowest BCUT2D eigenvalue weighted by atomic mass is 9.59. The van der Waals surface area contributed by atoms with Crippen LogP contribution in [0.4, 0.5) is 5.69 Å². The first-order valence-corrected chi connectivity index (χ1v) is 17.7. The van der Waals surface area contributed by atoms with Gasteiger partial charge in [0.1, 0.15) is 23.6 Å². The summed E-state index contributed by atoms with van der Waals surface area (Å²) in [6.45, 7) is 6.71. The largest absolute Gasteiger partial charge is 0.493 e. The van der Waals surface area contributed by atoms with Gasteiger partial charge in [0.2, 0.25) is 0 Å². The van der Waals surface area contributed by atoms with E-state index in [-0.39, 0.29) is 5.41 Å². The third-order valence-corrected chi connectivity index (χ3v) is 11.3. The molecule has 0 saturated heterocycles. The lowest BCUT2D eigenvalue weighted by Crippen LogP contribution is -2.53. The number of benzene rings is 2. The van der Waals surface area contributed by atoms with Gasteiger partial charge in [-0.3, -0.25) is 4.98 Å². The van der Waals surface area contributed by atoms with E-state index in [9.17, 15) is 9.90 Å². The summed E-state index contributed by atoms with van der Waals surface area (Å²) < 4.78 is 12.8. The van der Waals surface area contributed by atoms with E-state index in [2.05, 4.69) is 61.3 Å². The van der Waals surface area contributed by atoms with Crippen molar-refractivity contribution in [3.05, 3.63) is 82.1 Å². The number of halogens is 1. The second-order valence-electron chi connectivity index (χ2n) is 14.7. The summed E-state index contributed by atoms with van der Waals surface area (Å²) in [5.41, 5.74) is 4.77. The maximum atomic E-state index is 12.9. The summed E-state index contributed by atoms with van der Waals surface area (Å²) in [6, 6.07) is 16.0. The number of hydrogen-bond donors (Lipinski definition) is 2. The normalized spacial score (nSPS) is 25.7. The standard InChI is InChI=1S/C39H50ClN3O4/c1-26(25-47-35-13-18-41-34-10-5-7-27(2)36(34)35)21-29-22-28-11-12-32(46-20-19-43(3)4)24-33(28)38(29)14-16-39(17-15-38,37(44)45)42-31-9-6-8-30(40)23-31/h6,8-9,11-13,18,23-24,26-27,29,42H,5,7,10,14-17,19-22,25H2,1-4H3,(H,44,45)/t26-,27-,29?,38?,39?/m1/s1. The third kappa shape index (κ3) is 7.12. The molecule has 1 saturated carbocycles. The van der Waals surface area contributed by atoms with Gasteiger partial charge in [0.25, 0.3) is 0 Å². The van der Waals surface area contributed by atoms with Crippen molar-refractivity contribution in [3.8, 4) is 11.5 Å². The molecule has 0 bridgehead atoms. The quantitative estimate of drug-likeness (QED) is 0.203. The van der Waals surface area contributed by atoms with Crippen LogP contribution in [0.5, 0.6) is 11.5 Å². The fraction of sp³-hybridized carbons (Fsp3) is 0.538. The lowest BCUT2D eigenvalue weighted by Gasteiger charge is -2.47. The number of nitrogens with zero attached hydrogens (tertiary/aromatic N) is 2. The third-order valence-electron chi connectivity index (χ3n) is 11.1. The summed E-state index contributed by atoms with van der Waals surface area (Å²) >= 11 is 6.27. The van der Waals surface area contributed by atoms with E-state index in [1.807, 2.05) is 36.5 Å². The molecular weight excluding hydrogens is 610 g/mol. The van der Waals surface area contributed by atoms with Gasteiger partial charge in [-0.25, -0.2) is 4.79 Å². The molecule has 0 amide bonds. The zero-order valence-corrected chi connectivity index (χ0v) is 29.1. The van der Waals surface area contributed by atoms with Crippen molar-refractivity contribution in [3.63, 3.8) is 0 Å². The van der Waals surface area contributed by atoms with Crippen LogP contribution in [-0.4, -0.2) is 60.4 Å². The Labute approximate surface area is 285 Å². The van der Waals surface area contributed by atoms with Crippen molar-refractivity contribution in [2.75, 3.05) is 39.2 Å². The van der Waals surface area contributed by atoms with Gasteiger partial charge in [0, 0.05) is 34.7 Å². The Hall–Kier alpha value is -3.29. The number of ether oxygens (including phenoxy) is 2. The average molecular weight is 660 g/mol. The van der Waals surface area contributed by atoms with E-state index in [4.69, 9.17) is 21.1 Å². The van der Waals surface area contributed by atoms with Crippen molar-refractivity contribution in [1.29, 1.82) is 0 Å². The molecule has 7 nitrogen and oxygen atoms in total. The lowest BCUT2D eigenvalue weighted by molar-refractivity contribution is -0.144. The zero-order chi connectivity index (χ0) is 33.2. The Kier molecular flexibility index (Phi) is 10.0. The molecule has 8 heteroatoms. The molecule has 1 spiro atoms. The topological polar surface area (TPSA) is 83.9 Å². The van der Waals surface area contributed by atoms with E-state index in [1.54, 1.807) is 0 Å². The van der Waals surface area contributed by atoms with Crippen LogP contribution in [0.1, 0.15) is 87.1 Å². The van der Waals surface area contributed by atoms with E-state index >= 15 is 0 Å². The van der Waals surface area contributed by atoms with E-state index in [0.29, 0.717) is 48.8 Å². The highest BCUT2D eigenvalue weighted by Gasteiger charge is 2.54. The van der Waals surface area contributed by atoms with E-state index in [1.165, 1.54) is 35.2 Å². The van der Waals surface area contributed by atoms with Crippen LogP contribution < -0.4 is 14.8 Å². The first-order valence-electron chi connectivity index (χ1n) is 17.4. The van der Waals surface area contributed by atoms with Crippen molar-refractivity contribution in [1.82, 2.24) is 9.88 Å². The minimum Gasteiger partial charge on any atom is -0.493 e. The average Bonchev–Trinajstić information content (AvgIpc) is 3.32. The molecule has 3 aliphatic rings. The Morgan fingerprint density at radius 2 is 1.94 bits per heavy atom. The Morgan fingerprint density at radius 1 is 1.13 bits per heavy atom. The number of carbonyl (C=O) groups is 1. The summed E-state index contributed by atoms with van der Waals surface area (Å²) in [5.74, 6) is 2.27. The smallest absolute Gasteiger partial charge is 0.329 e. The molecule has 1 unspecified atom stereocenters. The number of anilines is 1. The highest BCUT2D eigenvalue weighted by Crippen LogP contribution is 2.56. The second kappa shape index (κ2) is 14.1. The molecule has 3 aliphatic carbocycles. The number of aromatic nitrogens is 1. The molecule has 0 radical (unpaired) electrons. The van der Waals surface area contributed by atoms with Gasteiger partial charge in [-0.1, -0.05) is 37.6 Å². The van der Waals surface area contributed by atoms with Crippen molar-refractivity contribution >= 4 is 23.3 Å². The van der Waals surface area contributed by atoms with Crippen LogP contribution in [-0.2, 0) is 23.1 Å². The van der Waals surface area contributed by atoms with Gasteiger partial charge in [-0.05, 0) is 143 Å². The second-order valence-corrected chi connectivity index (χ2v) is 15.1. The van der Waals surface area contributed by atoms with Gasteiger partial charge in [0.05, 0.1) is 6.61 Å². The van der Waals surface area contributed by atoms with Gasteiger partial charge in [0.15, 0.2) is 0 Å². The summed E-state index contributed by atoms with van der Waals surface area (Å²) in [4.78, 5) is 19.7. The highest BCUT2D eigenvalue weighted by atomic mass is 35.5. The summed E-state index contributed by atoms with van der Waals surface area (Å²) in [7, 11) is 4.10. The number of carboxylic acid groups (broad SMARTS) is 1. The molecule has 2 aromatic carbocycles. The van der Waals surface area contributed by atoms with Gasteiger partial charge < -0.3 is 24.8 Å². The van der Waals surface area contributed by atoms with Gasteiger partial charge in [-0.2, -0.15) is 0 Å². The molecule has 1 fully saturated rings. The van der Waals surface area contributed by atoms with Crippen molar-refractivity contribution in [2.45, 2.75) is 88.5 Å². The Morgan fingerprint density at radius 3 is 2.68 bits per heavy atom. The van der Waals surface area contributed by atoms with Crippen LogP contribution in [0.2, 0.25) is 5.02 Å². The van der Waals surface area contributed by atoms with Crippen LogP contribution >= 0.6 is 11.6 Å². The fourth-order valence-corrected chi connectivity index (χ4v) is 8.70. The molecule has 6 rings (SSSR count). The molecule has 1 heterocycles. The number of hydrogen-bond acceptors (Lipinski definition) is 6. The number of pyridine rings is 1. The van der Waals surface area contributed by atoms with E-state index < -0.39 is 11.5 Å². The minimum atomic E-state index is -1.05. The monoisotopic (exact) mass is 659 g/mol. The van der Waals surface area contributed by atoms with Crippen LogP contribution in [0.25, 0.3) is 0 Å². The molecule has 252 valence electrons. The molecule has 47 heavy (non-hydrogen) atoms. The number of rotatable bonds is 12. The predicted molar refractivity (Wildman–Crippen MR) is 188 cm³/mol. The zero-order valence-electron chi connectivity index (χ0n) is 28.4. The molecule has 0 aliphatic heterocycles. The molecule has 3 aromatic rings. The maximum absolute atomic E-state index is 12.9. The van der Waals surface area contributed by atoms with Crippen LogP contribution in [0.15, 0.2) is 54.7 Å². The van der Waals surface area contributed by atoms with Crippen molar-refractivity contribution in [2.24, 2.45) is 11.8 Å². The minimum absolute atomic E-state index is 0.121.